The largest absolute Gasteiger partial charge is 0.423 e. The first-order valence-corrected chi connectivity index (χ1v) is 11.3. The van der Waals surface area contributed by atoms with Crippen LogP contribution in [-0.2, 0) is 16.1 Å². The lowest BCUT2D eigenvalue weighted by Gasteiger charge is -2.36. The predicted octanol–water partition coefficient (Wildman–Crippen LogP) is 2.20. The van der Waals surface area contributed by atoms with Crippen molar-refractivity contribution in [3.8, 4) is 0 Å². The number of benzene rings is 1. The number of carbonyl (C=O) groups is 1. The van der Waals surface area contributed by atoms with E-state index in [2.05, 4.69) is 36.6 Å². The van der Waals surface area contributed by atoms with Gasteiger partial charge in [0.15, 0.2) is 0 Å². The van der Waals surface area contributed by atoms with Crippen molar-refractivity contribution in [1.82, 2.24) is 14.7 Å². The van der Waals surface area contributed by atoms with E-state index in [1.54, 1.807) is 6.07 Å². The lowest BCUT2D eigenvalue weighted by atomic mass is 9.95. The Hall–Kier alpha value is -2.22. The van der Waals surface area contributed by atoms with Crippen LogP contribution in [0.25, 0.3) is 11.0 Å². The first-order chi connectivity index (χ1) is 14.9. The fourth-order valence-electron chi connectivity index (χ4n) is 4.59. The highest BCUT2D eigenvalue weighted by molar-refractivity contribution is 5.82. The number of piperazine rings is 1. The van der Waals surface area contributed by atoms with Crippen LogP contribution in [0.15, 0.2) is 27.4 Å². The first kappa shape index (κ1) is 22.0. The van der Waals surface area contributed by atoms with E-state index in [0.717, 1.165) is 42.7 Å². The van der Waals surface area contributed by atoms with Gasteiger partial charge >= 0.3 is 5.63 Å². The maximum Gasteiger partial charge on any atom is 0.336 e. The minimum Gasteiger partial charge on any atom is -0.423 e. The van der Waals surface area contributed by atoms with Crippen LogP contribution in [-0.4, -0.2) is 79.6 Å². The molecule has 0 radical (unpaired) electrons. The van der Waals surface area contributed by atoms with Crippen LogP contribution < -0.4 is 5.63 Å². The summed E-state index contributed by atoms with van der Waals surface area (Å²) in [5.74, 6) is 0.608. The Morgan fingerprint density at radius 2 is 1.68 bits per heavy atom. The van der Waals surface area contributed by atoms with E-state index in [1.807, 2.05) is 11.0 Å². The average molecular weight is 428 g/mol. The van der Waals surface area contributed by atoms with Crippen molar-refractivity contribution < 1.29 is 13.9 Å². The summed E-state index contributed by atoms with van der Waals surface area (Å²) in [6.07, 6.45) is 0. The van der Waals surface area contributed by atoms with Gasteiger partial charge in [0.05, 0.1) is 19.8 Å². The second-order valence-corrected chi connectivity index (χ2v) is 9.00. The summed E-state index contributed by atoms with van der Waals surface area (Å²) in [5.41, 5.74) is 3.83. The van der Waals surface area contributed by atoms with E-state index in [4.69, 9.17) is 9.15 Å². The Morgan fingerprint density at radius 1 is 1.00 bits per heavy atom. The smallest absolute Gasteiger partial charge is 0.336 e. The van der Waals surface area contributed by atoms with Crippen molar-refractivity contribution >= 4 is 16.9 Å². The van der Waals surface area contributed by atoms with Crippen molar-refractivity contribution in [2.75, 3.05) is 59.0 Å². The number of aryl methyl sites for hydroxylation is 1. The quantitative estimate of drug-likeness (QED) is 0.682. The van der Waals surface area contributed by atoms with Crippen LogP contribution in [0.3, 0.4) is 0 Å². The van der Waals surface area contributed by atoms with Crippen molar-refractivity contribution in [2.45, 2.75) is 33.2 Å². The van der Waals surface area contributed by atoms with Crippen LogP contribution in [0, 0.1) is 6.92 Å². The zero-order valence-corrected chi connectivity index (χ0v) is 18.9. The highest BCUT2D eigenvalue weighted by Crippen LogP contribution is 2.27. The molecular weight excluding hydrogens is 394 g/mol. The summed E-state index contributed by atoms with van der Waals surface area (Å²) in [7, 11) is 0. The molecule has 2 fully saturated rings. The van der Waals surface area contributed by atoms with E-state index in [1.165, 1.54) is 5.56 Å². The van der Waals surface area contributed by atoms with Crippen molar-refractivity contribution in [2.24, 2.45) is 0 Å². The molecule has 1 aromatic heterocycles. The molecule has 0 saturated carbocycles. The molecule has 7 nitrogen and oxygen atoms in total. The molecule has 2 aliphatic rings. The fraction of sp³-hybridized carbons (Fsp3) is 0.583. The van der Waals surface area contributed by atoms with E-state index < -0.39 is 0 Å². The standard InChI is InChI=1S/C24H33N3O4/c1-17(2)20-14-21-19(13-24(29)31-22(21)12-18(20)3)15-25-4-6-26(7-5-25)16-23(28)27-8-10-30-11-9-27/h12-14,17H,4-11,15-16H2,1-3H3. The molecule has 1 aromatic carbocycles. The lowest BCUT2D eigenvalue weighted by molar-refractivity contribution is -0.136. The molecule has 3 heterocycles. The molecule has 2 aromatic rings. The van der Waals surface area contributed by atoms with Gasteiger partial charge in [0.2, 0.25) is 5.91 Å². The molecular formula is C24H33N3O4. The van der Waals surface area contributed by atoms with Gasteiger partial charge in [-0.2, -0.15) is 0 Å². The van der Waals surface area contributed by atoms with E-state index in [9.17, 15) is 9.59 Å². The zero-order chi connectivity index (χ0) is 22.0. The molecule has 1 amide bonds. The third-order valence-electron chi connectivity index (χ3n) is 6.42. The Kier molecular flexibility index (Phi) is 6.74. The number of amides is 1. The Morgan fingerprint density at radius 3 is 2.35 bits per heavy atom. The summed E-state index contributed by atoms with van der Waals surface area (Å²) in [5, 5.41) is 1.03. The van der Waals surface area contributed by atoms with Crippen molar-refractivity contribution in [3.05, 3.63) is 45.3 Å². The van der Waals surface area contributed by atoms with Gasteiger partial charge in [-0.05, 0) is 41.7 Å². The molecule has 0 unspecified atom stereocenters. The highest BCUT2D eigenvalue weighted by atomic mass is 16.5. The fourth-order valence-corrected chi connectivity index (χ4v) is 4.59. The van der Waals surface area contributed by atoms with Gasteiger partial charge < -0.3 is 14.1 Å². The number of nitrogens with zero attached hydrogens (tertiary/aromatic N) is 3. The van der Waals surface area contributed by atoms with E-state index >= 15 is 0 Å². The Balaban J connectivity index is 1.41. The molecule has 0 spiro atoms. The maximum absolute atomic E-state index is 12.5. The Bertz CT molecular complexity index is 986. The number of hydrogen-bond donors (Lipinski definition) is 0. The minimum absolute atomic E-state index is 0.194. The summed E-state index contributed by atoms with van der Waals surface area (Å²) < 4.78 is 10.8. The molecule has 0 N–H and O–H groups in total. The second-order valence-electron chi connectivity index (χ2n) is 9.00. The normalized spacial score (nSPS) is 18.8. The van der Waals surface area contributed by atoms with E-state index in [0.29, 0.717) is 50.9 Å². The van der Waals surface area contributed by atoms with Crippen LogP contribution in [0.1, 0.15) is 36.5 Å². The van der Waals surface area contributed by atoms with Crippen LogP contribution in [0.5, 0.6) is 0 Å². The van der Waals surface area contributed by atoms with Gasteiger partial charge in [0.25, 0.3) is 0 Å². The molecule has 0 atom stereocenters. The average Bonchev–Trinajstić information content (AvgIpc) is 2.75. The van der Waals surface area contributed by atoms with Crippen LogP contribution >= 0.6 is 0 Å². The topological polar surface area (TPSA) is 66.2 Å². The number of rotatable bonds is 5. The van der Waals surface area contributed by atoms with Gasteiger partial charge in [0, 0.05) is 57.3 Å². The Labute approximate surface area is 183 Å². The minimum atomic E-state index is -0.297. The molecule has 2 aliphatic heterocycles. The molecule has 2 saturated heterocycles. The third kappa shape index (κ3) is 5.17. The van der Waals surface area contributed by atoms with Crippen molar-refractivity contribution in [1.29, 1.82) is 0 Å². The predicted molar refractivity (Wildman–Crippen MR) is 120 cm³/mol. The number of ether oxygens (including phenoxy) is 1. The summed E-state index contributed by atoms with van der Waals surface area (Å²) in [4.78, 5) is 31.2. The number of fused-ring (bicyclic) bond motifs is 1. The van der Waals surface area contributed by atoms with Gasteiger partial charge in [-0.3, -0.25) is 14.6 Å². The van der Waals surface area contributed by atoms with Crippen molar-refractivity contribution in [3.63, 3.8) is 0 Å². The molecule has 0 bridgehead atoms. The number of morpholine rings is 1. The third-order valence-corrected chi connectivity index (χ3v) is 6.42. The number of carbonyl (C=O) groups excluding carboxylic acids is 1. The molecule has 0 aliphatic carbocycles. The van der Waals surface area contributed by atoms with Gasteiger partial charge in [0.1, 0.15) is 5.58 Å². The molecule has 31 heavy (non-hydrogen) atoms. The zero-order valence-electron chi connectivity index (χ0n) is 18.9. The molecule has 4 rings (SSSR count). The highest BCUT2D eigenvalue weighted by Gasteiger charge is 2.23. The van der Waals surface area contributed by atoms with E-state index in [-0.39, 0.29) is 11.5 Å². The summed E-state index contributed by atoms with van der Waals surface area (Å²) in [6.45, 7) is 13.7. The lowest BCUT2D eigenvalue weighted by Crippen LogP contribution is -2.51. The summed E-state index contributed by atoms with van der Waals surface area (Å²) in [6, 6.07) is 5.81. The SMILES string of the molecule is Cc1cc2oc(=O)cc(CN3CCN(CC(=O)N4CCOCC4)CC3)c2cc1C(C)C. The maximum atomic E-state index is 12.5. The second kappa shape index (κ2) is 9.51. The monoisotopic (exact) mass is 427 g/mol. The van der Waals surface area contributed by atoms with Gasteiger partial charge in [-0.1, -0.05) is 13.8 Å². The summed E-state index contributed by atoms with van der Waals surface area (Å²) >= 11 is 0. The van der Waals surface area contributed by atoms with Gasteiger partial charge in [-0.25, -0.2) is 4.79 Å². The first-order valence-electron chi connectivity index (χ1n) is 11.3. The van der Waals surface area contributed by atoms with Gasteiger partial charge in [-0.15, -0.1) is 0 Å². The van der Waals surface area contributed by atoms with Crippen LogP contribution in [0.4, 0.5) is 0 Å². The number of hydrogen-bond acceptors (Lipinski definition) is 6. The molecule has 7 heteroatoms. The van der Waals surface area contributed by atoms with Crippen LogP contribution in [0.2, 0.25) is 0 Å². The molecule has 168 valence electrons.